The molecule has 0 spiro atoms. The van der Waals surface area contributed by atoms with E-state index < -0.39 is 0 Å². The van der Waals surface area contributed by atoms with Crippen LogP contribution in [0.3, 0.4) is 0 Å². The molecule has 0 saturated carbocycles. The number of anilines is 1. The van der Waals surface area contributed by atoms with Crippen LogP contribution >= 0.6 is 11.6 Å². The number of benzene rings is 1. The molecule has 0 fully saturated rings. The van der Waals surface area contributed by atoms with Crippen molar-refractivity contribution in [1.82, 2.24) is 19.5 Å². The first-order chi connectivity index (χ1) is 13.0. The van der Waals surface area contributed by atoms with E-state index in [2.05, 4.69) is 31.0 Å². The maximum Gasteiger partial charge on any atom is 0.158 e. The molecular formula is C21H28ClN5. The first-order valence-electron chi connectivity index (χ1n) is 9.62. The lowest BCUT2D eigenvalue weighted by Crippen LogP contribution is -2.25. The molecule has 0 radical (unpaired) electrons. The lowest BCUT2D eigenvalue weighted by Gasteiger charge is -2.18. The van der Waals surface area contributed by atoms with E-state index in [9.17, 15) is 0 Å². The maximum atomic E-state index is 6.14. The van der Waals surface area contributed by atoms with Gasteiger partial charge in [-0.2, -0.15) is 9.61 Å². The van der Waals surface area contributed by atoms with Crippen LogP contribution in [0.2, 0.25) is 5.02 Å². The topological polar surface area (TPSA) is 45.5 Å². The average molecular weight is 386 g/mol. The fourth-order valence-electron chi connectivity index (χ4n) is 3.25. The van der Waals surface area contributed by atoms with Crippen LogP contribution in [0.15, 0.2) is 30.3 Å². The molecule has 0 aliphatic carbocycles. The quantitative estimate of drug-likeness (QED) is 0.565. The highest BCUT2D eigenvalue weighted by molar-refractivity contribution is 6.30. The van der Waals surface area contributed by atoms with Gasteiger partial charge in [0.25, 0.3) is 0 Å². The Kier molecular flexibility index (Phi) is 6.34. The van der Waals surface area contributed by atoms with E-state index in [1.165, 1.54) is 0 Å². The molecule has 0 aliphatic rings. The van der Waals surface area contributed by atoms with E-state index in [-0.39, 0.29) is 0 Å². The number of hydrogen-bond acceptors (Lipinski definition) is 4. The van der Waals surface area contributed by atoms with E-state index >= 15 is 0 Å². The molecule has 6 heteroatoms. The average Bonchev–Trinajstić information content (AvgIpc) is 3.08. The van der Waals surface area contributed by atoms with Gasteiger partial charge in [0.15, 0.2) is 5.65 Å². The van der Waals surface area contributed by atoms with E-state index in [1.54, 1.807) is 0 Å². The van der Waals surface area contributed by atoms with E-state index in [0.717, 1.165) is 66.6 Å². The second kappa shape index (κ2) is 8.72. The Hall–Kier alpha value is -2.11. The van der Waals surface area contributed by atoms with Crippen molar-refractivity contribution >= 4 is 23.1 Å². The second-order valence-corrected chi connectivity index (χ2v) is 7.22. The molecule has 144 valence electrons. The fraction of sp³-hybridized carbons (Fsp3) is 0.429. The molecule has 0 bridgehead atoms. The van der Waals surface area contributed by atoms with Gasteiger partial charge in [0, 0.05) is 34.5 Å². The Balaban J connectivity index is 1.86. The van der Waals surface area contributed by atoms with Gasteiger partial charge in [-0.1, -0.05) is 37.6 Å². The number of fused-ring (bicyclic) bond motifs is 1. The van der Waals surface area contributed by atoms with Crippen molar-refractivity contribution in [3.63, 3.8) is 0 Å². The van der Waals surface area contributed by atoms with Crippen LogP contribution in [0.4, 0.5) is 5.82 Å². The van der Waals surface area contributed by atoms with E-state index in [4.69, 9.17) is 21.7 Å². The van der Waals surface area contributed by atoms with Gasteiger partial charge in [-0.05, 0) is 52.0 Å². The Morgan fingerprint density at radius 1 is 1.15 bits per heavy atom. The van der Waals surface area contributed by atoms with Gasteiger partial charge in [0.1, 0.15) is 5.82 Å². The summed E-state index contributed by atoms with van der Waals surface area (Å²) in [6.07, 6.45) is 1.09. The van der Waals surface area contributed by atoms with Gasteiger partial charge < -0.3 is 10.2 Å². The maximum absolute atomic E-state index is 6.14. The number of aryl methyl sites for hydroxylation is 1. The highest BCUT2D eigenvalue weighted by Gasteiger charge is 2.13. The first kappa shape index (κ1) is 19.6. The highest BCUT2D eigenvalue weighted by atomic mass is 35.5. The SMILES string of the molecule is CCN(CC)CCCNc1c(C)c(C)nc2cc(-c3cccc(Cl)c3)nn12. The molecule has 0 saturated heterocycles. The van der Waals surface area contributed by atoms with Crippen LogP contribution < -0.4 is 5.32 Å². The number of rotatable bonds is 8. The molecule has 5 nitrogen and oxygen atoms in total. The zero-order valence-electron chi connectivity index (χ0n) is 16.6. The van der Waals surface area contributed by atoms with E-state index in [1.807, 2.05) is 41.8 Å². The van der Waals surface area contributed by atoms with Gasteiger partial charge in [-0.15, -0.1) is 0 Å². The van der Waals surface area contributed by atoms with Crippen molar-refractivity contribution in [2.75, 3.05) is 31.5 Å². The van der Waals surface area contributed by atoms with Gasteiger partial charge in [0.05, 0.1) is 5.69 Å². The Morgan fingerprint density at radius 3 is 2.63 bits per heavy atom. The molecule has 1 aromatic carbocycles. The third kappa shape index (κ3) is 4.42. The zero-order chi connectivity index (χ0) is 19.4. The summed E-state index contributed by atoms with van der Waals surface area (Å²) in [6.45, 7) is 12.7. The van der Waals surface area contributed by atoms with Crippen LogP contribution in [0.1, 0.15) is 31.5 Å². The summed E-state index contributed by atoms with van der Waals surface area (Å²) in [5, 5.41) is 9.09. The summed E-state index contributed by atoms with van der Waals surface area (Å²) in [5.41, 5.74) is 4.87. The van der Waals surface area contributed by atoms with Crippen molar-refractivity contribution < 1.29 is 0 Å². The van der Waals surface area contributed by atoms with Gasteiger partial charge in [0.2, 0.25) is 0 Å². The molecular weight excluding hydrogens is 358 g/mol. The zero-order valence-corrected chi connectivity index (χ0v) is 17.3. The summed E-state index contributed by atoms with van der Waals surface area (Å²) in [5.74, 6) is 1.02. The molecule has 2 heterocycles. The third-order valence-corrected chi connectivity index (χ3v) is 5.28. The predicted octanol–water partition coefficient (Wildman–Crippen LogP) is 4.81. The van der Waals surface area contributed by atoms with Crippen molar-refractivity contribution in [3.8, 4) is 11.3 Å². The fourth-order valence-corrected chi connectivity index (χ4v) is 3.44. The lowest BCUT2D eigenvalue weighted by atomic mass is 10.1. The minimum Gasteiger partial charge on any atom is -0.370 e. The predicted molar refractivity (Wildman–Crippen MR) is 114 cm³/mol. The normalized spacial score (nSPS) is 11.5. The summed E-state index contributed by atoms with van der Waals surface area (Å²) in [6, 6.07) is 9.78. The van der Waals surface area contributed by atoms with Gasteiger partial charge in [-0.3, -0.25) is 0 Å². The number of nitrogens with one attached hydrogen (secondary N) is 1. The highest BCUT2D eigenvalue weighted by Crippen LogP contribution is 2.26. The van der Waals surface area contributed by atoms with Crippen LogP contribution in [-0.2, 0) is 0 Å². The summed E-state index contributed by atoms with van der Waals surface area (Å²) >= 11 is 6.14. The molecule has 27 heavy (non-hydrogen) atoms. The van der Waals surface area contributed by atoms with Crippen LogP contribution in [-0.4, -0.2) is 45.7 Å². The Bertz CT molecular complexity index is 914. The third-order valence-electron chi connectivity index (χ3n) is 5.04. The minimum atomic E-state index is 0.708. The number of halogens is 1. The Labute approximate surface area is 166 Å². The summed E-state index contributed by atoms with van der Waals surface area (Å²) in [7, 11) is 0. The molecule has 2 aromatic heterocycles. The monoisotopic (exact) mass is 385 g/mol. The molecule has 3 rings (SSSR count). The standard InChI is InChI=1S/C21H28ClN5/c1-5-26(6-2)12-8-11-23-21-15(3)16(4)24-20-14-19(25-27(20)21)17-9-7-10-18(22)13-17/h7,9-10,13-14,23H,5-6,8,11-12H2,1-4H3. The minimum absolute atomic E-state index is 0.708. The Morgan fingerprint density at radius 2 is 1.93 bits per heavy atom. The largest absolute Gasteiger partial charge is 0.370 e. The van der Waals surface area contributed by atoms with Crippen molar-refractivity contribution in [1.29, 1.82) is 0 Å². The molecule has 1 N–H and O–H groups in total. The molecule has 0 amide bonds. The number of hydrogen-bond donors (Lipinski definition) is 1. The van der Waals surface area contributed by atoms with Gasteiger partial charge in [-0.25, -0.2) is 4.98 Å². The number of aromatic nitrogens is 3. The summed E-state index contributed by atoms with van der Waals surface area (Å²) < 4.78 is 1.91. The van der Waals surface area contributed by atoms with Gasteiger partial charge >= 0.3 is 0 Å². The first-order valence-corrected chi connectivity index (χ1v) is 10.0. The molecule has 0 atom stereocenters. The van der Waals surface area contributed by atoms with Crippen LogP contribution in [0.25, 0.3) is 16.9 Å². The molecule has 3 aromatic rings. The second-order valence-electron chi connectivity index (χ2n) is 6.79. The summed E-state index contributed by atoms with van der Waals surface area (Å²) in [4.78, 5) is 7.14. The van der Waals surface area contributed by atoms with E-state index in [0.29, 0.717) is 5.02 Å². The van der Waals surface area contributed by atoms with Crippen LogP contribution in [0.5, 0.6) is 0 Å². The van der Waals surface area contributed by atoms with Crippen molar-refractivity contribution in [2.45, 2.75) is 34.1 Å². The number of nitrogens with zero attached hydrogens (tertiary/aromatic N) is 4. The van der Waals surface area contributed by atoms with Crippen LogP contribution in [0, 0.1) is 13.8 Å². The molecule has 0 unspecified atom stereocenters. The molecule has 0 aliphatic heterocycles. The lowest BCUT2D eigenvalue weighted by molar-refractivity contribution is 0.303. The van der Waals surface area contributed by atoms with Crippen molar-refractivity contribution in [2.24, 2.45) is 0 Å². The van der Waals surface area contributed by atoms with Crippen molar-refractivity contribution in [3.05, 3.63) is 46.6 Å². The smallest absolute Gasteiger partial charge is 0.158 e.